The van der Waals surface area contributed by atoms with Gasteiger partial charge in [-0.3, -0.25) is 4.79 Å². The number of aromatic nitrogens is 1. The summed E-state index contributed by atoms with van der Waals surface area (Å²) in [6.07, 6.45) is 0. The van der Waals surface area contributed by atoms with E-state index in [1.54, 1.807) is 17.5 Å². The Bertz CT molecular complexity index is 641. The van der Waals surface area contributed by atoms with E-state index >= 15 is 0 Å². The van der Waals surface area contributed by atoms with Crippen molar-refractivity contribution in [3.05, 3.63) is 55.9 Å². The molecule has 6 heteroatoms. The summed E-state index contributed by atoms with van der Waals surface area (Å²) in [7, 11) is 0. The van der Waals surface area contributed by atoms with Gasteiger partial charge in [0.15, 0.2) is 0 Å². The molecular formula is C12H10FN3OS. The van der Waals surface area contributed by atoms with Crippen LogP contribution in [0.15, 0.2) is 28.4 Å². The molecule has 2 aromatic rings. The molecule has 92 valence electrons. The lowest BCUT2D eigenvalue weighted by atomic mass is 10.1. The van der Waals surface area contributed by atoms with Gasteiger partial charge < -0.3 is 10.3 Å². The van der Waals surface area contributed by atoms with Crippen LogP contribution in [-0.2, 0) is 13.1 Å². The zero-order valence-electron chi connectivity index (χ0n) is 9.37. The number of halogens is 1. The monoisotopic (exact) mass is 263 g/mol. The molecule has 0 saturated carbocycles. The second-order valence-corrected chi connectivity index (χ2v) is 4.54. The molecule has 1 aromatic heterocycles. The fourth-order valence-corrected chi connectivity index (χ4v) is 2.07. The van der Waals surface area contributed by atoms with E-state index in [0.717, 1.165) is 17.0 Å². The zero-order chi connectivity index (χ0) is 13.0. The lowest BCUT2D eigenvalue weighted by Gasteiger charge is -2.05. The van der Waals surface area contributed by atoms with E-state index in [0.29, 0.717) is 24.2 Å². The topological polar surface area (TPSA) is 68.7 Å². The number of thiazole rings is 1. The van der Waals surface area contributed by atoms with Gasteiger partial charge in [0.05, 0.1) is 11.6 Å². The summed E-state index contributed by atoms with van der Waals surface area (Å²) in [6.45, 7) is 0.813. The second kappa shape index (κ2) is 5.58. The predicted molar refractivity (Wildman–Crippen MR) is 66.6 cm³/mol. The van der Waals surface area contributed by atoms with Crippen molar-refractivity contribution in [2.45, 2.75) is 13.1 Å². The first-order valence-electron chi connectivity index (χ1n) is 5.25. The first kappa shape index (κ1) is 12.5. The molecule has 0 atom stereocenters. The van der Waals surface area contributed by atoms with Gasteiger partial charge in [-0.05, 0) is 12.1 Å². The number of rotatable bonds is 4. The van der Waals surface area contributed by atoms with Gasteiger partial charge in [-0.25, -0.2) is 4.39 Å². The summed E-state index contributed by atoms with van der Waals surface area (Å²) in [6, 6.07) is 6.25. The van der Waals surface area contributed by atoms with Crippen molar-refractivity contribution in [3.8, 4) is 6.07 Å². The van der Waals surface area contributed by atoms with Crippen LogP contribution in [0.3, 0.4) is 0 Å². The maximum absolute atomic E-state index is 13.5. The number of hydrogen-bond donors (Lipinski definition) is 2. The van der Waals surface area contributed by atoms with Crippen LogP contribution < -0.4 is 10.2 Å². The zero-order valence-corrected chi connectivity index (χ0v) is 10.2. The molecule has 0 radical (unpaired) electrons. The Balaban J connectivity index is 1.94. The highest BCUT2D eigenvalue weighted by molar-refractivity contribution is 7.07. The second-order valence-electron chi connectivity index (χ2n) is 3.69. The molecule has 4 nitrogen and oxygen atoms in total. The van der Waals surface area contributed by atoms with Gasteiger partial charge in [0.1, 0.15) is 5.82 Å². The van der Waals surface area contributed by atoms with Gasteiger partial charge >= 0.3 is 4.87 Å². The largest absolute Gasteiger partial charge is 0.315 e. The molecule has 0 bridgehead atoms. The van der Waals surface area contributed by atoms with Gasteiger partial charge in [0, 0.05) is 29.7 Å². The van der Waals surface area contributed by atoms with Crippen molar-refractivity contribution in [2.75, 3.05) is 0 Å². The highest BCUT2D eigenvalue weighted by Gasteiger charge is 2.03. The molecule has 2 N–H and O–H groups in total. The Morgan fingerprint density at radius 3 is 2.89 bits per heavy atom. The molecule has 0 unspecified atom stereocenters. The van der Waals surface area contributed by atoms with E-state index in [2.05, 4.69) is 10.3 Å². The Labute approximate surface area is 107 Å². The molecule has 0 spiro atoms. The number of nitrogens with zero attached hydrogens (tertiary/aromatic N) is 1. The van der Waals surface area contributed by atoms with Gasteiger partial charge in [-0.15, -0.1) is 0 Å². The molecule has 0 saturated heterocycles. The van der Waals surface area contributed by atoms with Crippen LogP contribution >= 0.6 is 11.3 Å². The molecule has 2 rings (SSSR count). The lowest BCUT2D eigenvalue weighted by molar-refractivity contribution is 0.586. The molecule has 0 aliphatic heterocycles. The van der Waals surface area contributed by atoms with Crippen molar-refractivity contribution in [1.82, 2.24) is 10.3 Å². The number of nitrogens with one attached hydrogen (secondary N) is 2. The maximum atomic E-state index is 13.5. The third-order valence-electron chi connectivity index (χ3n) is 2.38. The number of hydrogen-bond acceptors (Lipinski definition) is 4. The van der Waals surface area contributed by atoms with Crippen molar-refractivity contribution >= 4 is 11.3 Å². The average Bonchev–Trinajstić information content (AvgIpc) is 2.77. The normalized spacial score (nSPS) is 10.2. The summed E-state index contributed by atoms with van der Waals surface area (Å²) in [4.78, 5) is 13.5. The van der Waals surface area contributed by atoms with E-state index in [4.69, 9.17) is 5.26 Å². The molecule has 0 aliphatic carbocycles. The number of H-pyrrole nitrogens is 1. The lowest BCUT2D eigenvalue weighted by Crippen LogP contribution is -2.14. The maximum Gasteiger partial charge on any atom is 0.304 e. The first-order chi connectivity index (χ1) is 8.69. The predicted octanol–water partition coefficient (Wildman–Crippen LogP) is 1.74. The molecule has 1 aromatic carbocycles. The molecule has 18 heavy (non-hydrogen) atoms. The summed E-state index contributed by atoms with van der Waals surface area (Å²) in [5.74, 6) is -0.402. The van der Waals surface area contributed by atoms with Crippen molar-refractivity contribution in [2.24, 2.45) is 0 Å². The third-order valence-corrected chi connectivity index (χ3v) is 3.10. The van der Waals surface area contributed by atoms with Crippen LogP contribution in [0.5, 0.6) is 0 Å². The third kappa shape index (κ3) is 3.03. The van der Waals surface area contributed by atoms with Crippen molar-refractivity contribution < 1.29 is 4.39 Å². The molecule has 0 amide bonds. The number of aromatic amines is 1. The van der Waals surface area contributed by atoms with E-state index in [-0.39, 0.29) is 4.87 Å². The van der Waals surface area contributed by atoms with Gasteiger partial charge in [0.2, 0.25) is 0 Å². The minimum atomic E-state index is -0.402. The average molecular weight is 263 g/mol. The molecule has 0 aliphatic rings. The smallest absolute Gasteiger partial charge is 0.304 e. The molecular weight excluding hydrogens is 253 g/mol. The Hall–Kier alpha value is -1.97. The van der Waals surface area contributed by atoms with Crippen LogP contribution in [0.25, 0.3) is 0 Å². The fraction of sp³-hybridized carbons (Fsp3) is 0.167. The van der Waals surface area contributed by atoms with Gasteiger partial charge in [0.25, 0.3) is 0 Å². The quantitative estimate of drug-likeness (QED) is 0.882. The highest BCUT2D eigenvalue weighted by Crippen LogP contribution is 2.09. The van der Waals surface area contributed by atoms with E-state index < -0.39 is 5.82 Å². The van der Waals surface area contributed by atoms with Crippen LogP contribution in [0.4, 0.5) is 4.39 Å². The van der Waals surface area contributed by atoms with Gasteiger partial charge in [-0.1, -0.05) is 17.4 Å². The Morgan fingerprint density at radius 1 is 1.44 bits per heavy atom. The number of nitriles is 1. The van der Waals surface area contributed by atoms with E-state index in [1.807, 2.05) is 6.07 Å². The van der Waals surface area contributed by atoms with Crippen molar-refractivity contribution in [3.63, 3.8) is 0 Å². The summed E-state index contributed by atoms with van der Waals surface area (Å²) < 4.78 is 13.5. The molecule has 0 fully saturated rings. The molecule has 1 heterocycles. The standard InChI is InChI=1S/C12H10FN3OS/c13-11-3-8(4-14)1-2-9(11)5-15-6-10-7-18-12(17)16-10/h1-3,7,15H,5-6H2,(H,16,17). The Morgan fingerprint density at radius 2 is 2.28 bits per heavy atom. The van der Waals surface area contributed by atoms with E-state index in [9.17, 15) is 9.18 Å². The van der Waals surface area contributed by atoms with Crippen molar-refractivity contribution in [1.29, 1.82) is 5.26 Å². The van der Waals surface area contributed by atoms with Crippen LogP contribution in [0.2, 0.25) is 0 Å². The van der Waals surface area contributed by atoms with Crippen LogP contribution in [0.1, 0.15) is 16.8 Å². The summed E-state index contributed by atoms with van der Waals surface area (Å²) in [5, 5.41) is 13.4. The fourth-order valence-electron chi connectivity index (χ4n) is 1.49. The minimum absolute atomic E-state index is 0.101. The highest BCUT2D eigenvalue weighted by atomic mass is 32.1. The van der Waals surface area contributed by atoms with Crippen LogP contribution in [0, 0.1) is 17.1 Å². The number of benzene rings is 1. The summed E-state index contributed by atoms with van der Waals surface area (Å²) >= 11 is 1.10. The minimum Gasteiger partial charge on any atom is -0.315 e. The summed E-state index contributed by atoms with van der Waals surface area (Å²) in [5.41, 5.74) is 1.57. The first-order valence-corrected chi connectivity index (χ1v) is 6.13. The van der Waals surface area contributed by atoms with Gasteiger partial charge in [-0.2, -0.15) is 5.26 Å². The van der Waals surface area contributed by atoms with Crippen LogP contribution in [-0.4, -0.2) is 4.98 Å². The van der Waals surface area contributed by atoms with E-state index in [1.165, 1.54) is 6.07 Å². The SMILES string of the molecule is N#Cc1ccc(CNCc2csc(=O)[nH]2)c(F)c1. The Kier molecular flexibility index (Phi) is 3.87.